The third-order valence-corrected chi connectivity index (χ3v) is 3.57. The van der Waals surface area contributed by atoms with Crippen molar-refractivity contribution < 1.29 is 14.6 Å². The van der Waals surface area contributed by atoms with Crippen LogP contribution in [0.3, 0.4) is 0 Å². The number of hydrogen-bond donors (Lipinski definition) is 1. The molecular formula is C17H26O3. The van der Waals surface area contributed by atoms with Crippen LogP contribution in [0.4, 0.5) is 0 Å². The van der Waals surface area contributed by atoms with Crippen molar-refractivity contribution >= 4 is 5.97 Å². The fourth-order valence-corrected chi connectivity index (χ4v) is 2.42. The highest BCUT2D eigenvalue weighted by Crippen LogP contribution is 2.29. The van der Waals surface area contributed by atoms with E-state index in [1.165, 1.54) is 18.4 Å². The minimum atomic E-state index is -0.911. The van der Waals surface area contributed by atoms with Crippen LogP contribution in [0.5, 0.6) is 5.75 Å². The van der Waals surface area contributed by atoms with E-state index in [0.717, 1.165) is 31.2 Å². The topological polar surface area (TPSA) is 46.5 Å². The van der Waals surface area contributed by atoms with Gasteiger partial charge in [0.05, 0.1) is 6.61 Å². The fraction of sp³-hybridized carbons (Fsp3) is 0.588. The summed E-state index contributed by atoms with van der Waals surface area (Å²) >= 11 is 0. The highest BCUT2D eigenvalue weighted by Gasteiger charge is 2.17. The Bertz CT molecular complexity index is 438. The van der Waals surface area contributed by atoms with Gasteiger partial charge in [0.25, 0.3) is 0 Å². The summed E-state index contributed by atoms with van der Waals surface area (Å²) in [6.07, 6.45) is 6.20. The van der Waals surface area contributed by atoms with E-state index in [1.54, 1.807) is 6.07 Å². The van der Waals surface area contributed by atoms with Gasteiger partial charge in [-0.05, 0) is 36.5 Å². The third-order valence-electron chi connectivity index (χ3n) is 3.57. The molecule has 0 aromatic heterocycles. The van der Waals surface area contributed by atoms with E-state index in [9.17, 15) is 9.90 Å². The Morgan fingerprint density at radius 3 is 2.40 bits per heavy atom. The molecule has 0 atom stereocenters. The summed E-state index contributed by atoms with van der Waals surface area (Å²) in [5, 5.41) is 9.31. The molecule has 20 heavy (non-hydrogen) atoms. The van der Waals surface area contributed by atoms with Crippen molar-refractivity contribution in [3.8, 4) is 5.75 Å². The number of aryl methyl sites for hydroxylation is 1. The normalized spacial score (nSPS) is 10.6. The Labute approximate surface area is 122 Å². The van der Waals surface area contributed by atoms with Crippen molar-refractivity contribution in [2.75, 3.05) is 6.61 Å². The number of unbranched alkanes of at least 4 members (excludes halogenated alkanes) is 3. The van der Waals surface area contributed by atoms with E-state index >= 15 is 0 Å². The SMILES string of the molecule is CCCCCCOc1c(C(=O)O)ccc(CC)c1CC. The number of carboxylic acid groups (broad SMARTS) is 1. The van der Waals surface area contributed by atoms with Gasteiger partial charge in [0.15, 0.2) is 0 Å². The van der Waals surface area contributed by atoms with Gasteiger partial charge in [0.2, 0.25) is 0 Å². The molecule has 0 saturated carbocycles. The minimum Gasteiger partial charge on any atom is -0.492 e. The molecule has 0 aliphatic rings. The zero-order valence-electron chi connectivity index (χ0n) is 12.9. The summed E-state index contributed by atoms with van der Waals surface area (Å²) in [4.78, 5) is 11.3. The first-order valence-electron chi connectivity index (χ1n) is 7.66. The Morgan fingerprint density at radius 1 is 1.10 bits per heavy atom. The smallest absolute Gasteiger partial charge is 0.339 e. The zero-order chi connectivity index (χ0) is 15.0. The first-order chi connectivity index (χ1) is 9.65. The predicted molar refractivity (Wildman–Crippen MR) is 81.8 cm³/mol. The lowest BCUT2D eigenvalue weighted by Gasteiger charge is -2.16. The first kappa shape index (κ1) is 16.5. The van der Waals surface area contributed by atoms with Crippen molar-refractivity contribution in [1.82, 2.24) is 0 Å². The van der Waals surface area contributed by atoms with Gasteiger partial charge >= 0.3 is 5.97 Å². The molecule has 0 bridgehead atoms. The molecule has 1 rings (SSSR count). The molecule has 0 amide bonds. The van der Waals surface area contributed by atoms with Crippen molar-refractivity contribution in [3.63, 3.8) is 0 Å². The van der Waals surface area contributed by atoms with E-state index in [1.807, 2.05) is 13.0 Å². The molecule has 0 fully saturated rings. The molecule has 1 aromatic rings. The van der Waals surface area contributed by atoms with E-state index < -0.39 is 5.97 Å². The predicted octanol–water partition coefficient (Wildman–Crippen LogP) is 4.47. The van der Waals surface area contributed by atoms with Gasteiger partial charge in [0, 0.05) is 0 Å². The summed E-state index contributed by atoms with van der Waals surface area (Å²) in [5.74, 6) is -0.332. The van der Waals surface area contributed by atoms with E-state index in [2.05, 4.69) is 13.8 Å². The lowest BCUT2D eigenvalue weighted by molar-refractivity contribution is 0.0692. The molecule has 0 aliphatic carbocycles. The van der Waals surface area contributed by atoms with E-state index in [0.29, 0.717) is 12.4 Å². The van der Waals surface area contributed by atoms with Crippen LogP contribution in [0.15, 0.2) is 12.1 Å². The van der Waals surface area contributed by atoms with Gasteiger partial charge in [-0.1, -0.05) is 46.1 Å². The van der Waals surface area contributed by atoms with Crippen molar-refractivity contribution in [1.29, 1.82) is 0 Å². The molecule has 0 aliphatic heterocycles. The van der Waals surface area contributed by atoms with Crippen LogP contribution in [0.1, 0.15) is 67.9 Å². The van der Waals surface area contributed by atoms with Crippen LogP contribution < -0.4 is 4.74 Å². The summed E-state index contributed by atoms with van der Waals surface area (Å²) < 4.78 is 5.83. The van der Waals surface area contributed by atoms with Crippen molar-refractivity contribution in [2.45, 2.75) is 59.3 Å². The maximum atomic E-state index is 11.3. The first-order valence-corrected chi connectivity index (χ1v) is 7.66. The summed E-state index contributed by atoms with van der Waals surface area (Å²) in [5.41, 5.74) is 2.51. The van der Waals surface area contributed by atoms with E-state index in [4.69, 9.17) is 4.74 Å². The summed E-state index contributed by atoms with van der Waals surface area (Å²) in [7, 11) is 0. The van der Waals surface area contributed by atoms with Crippen molar-refractivity contribution in [2.24, 2.45) is 0 Å². The molecule has 0 radical (unpaired) electrons. The average molecular weight is 278 g/mol. The van der Waals surface area contributed by atoms with Gasteiger partial charge in [0.1, 0.15) is 11.3 Å². The molecule has 3 nitrogen and oxygen atoms in total. The second-order valence-corrected chi connectivity index (χ2v) is 5.00. The maximum Gasteiger partial charge on any atom is 0.339 e. The van der Waals surface area contributed by atoms with E-state index in [-0.39, 0.29) is 5.56 Å². The Morgan fingerprint density at radius 2 is 1.85 bits per heavy atom. The molecule has 0 heterocycles. The maximum absolute atomic E-state index is 11.3. The van der Waals surface area contributed by atoms with Gasteiger partial charge in [-0.2, -0.15) is 0 Å². The number of carbonyl (C=O) groups is 1. The quantitative estimate of drug-likeness (QED) is 0.678. The summed E-state index contributed by atoms with van der Waals surface area (Å²) in [6.45, 7) is 6.90. The van der Waals surface area contributed by atoms with Gasteiger partial charge in [-0.15, -0.1) is 0 Å². The highest BCUT2D eigenvalue weighted by atomic mass is 16.5. The summed E-state index contributed by atoms with van der Waals surface area (Å²) in [6, 6.07) is 3.58. The third kappa shape index (κ3) is 4.26. The Hall–Kier alpha value is -1.51. The number of benzene rings is 1. The lowest BCUT2D eigenvalue weighted by Crippen LogP contribution is -2.09. The molecule has 0 saturated heterocycles. The number of aromatic carboxylic acids is 1. The van der Waals surface area contributed by atoms with Crippen LogP contribution in [0.2, 0.25) is 0 Å². The molecule has 1 aromatic carbocycles. The highest BCUT2D eigenvalue weighted by molar-refractivity contribution is 5.91. The Balaban J connectivity index is 2.91. The van der Waals surface area contributed by atoms with Crippen LogP contribution in [0, 0.1) is 0 Å². The van der Waals surface area contributed by atoms with Crippen LogP contribution in [-0.2, 0) is 12.8 Å². The monoisotopic (exact) mass is 278 g/mol. The second kappa shape index (κ2) is 8.62. The van der Waals surface area contributed by atoms with Gasteiger partial charge < -0.3 is 9.84 Å². The van der Waals surface area contributed by atoms with Crippen LogP contribution in [0.25, 0.3) is 0 Å². The molecule has 1 N–H and O–H groups in total. The molecule has 112 valence electrons. The Kier molecular flexibility index (Phi) is 7.13. The van der Waals surface area contributed by atoms with Gasteiger partial charge in [-0.25, -0.2) is 4.79 Å². The standard InChI is InChI=1S/C17H26O3/c1-4-7-8-9-12-20-16-14(6-3)13(5-2)10-11-15(16)17(18)19/h10-11H,4-9,12H2,1-3H3,(H,18,19). The zero-order valence-corrected chi connectivity index (χ0v) is 12.9. The van der Waals surface area contributed by atoms with Crippen molar-refractivity contribution in [3.05, 3.63) is 28.8 Å². The largest absolute Gasteiger partial charge is 0.492 e. The fourth-order valence-electron chi connectivity index (χ4n) is 2.42. The number of rotatable bonds is 9. The lowest BCUT2D eigenvalue weighted by atomic mass is 9.98. The number of hydrogen-bond acceptors (Lipinski definition) is 2. The second-order valence-electron chi connectivity index (χ2n) is 5.00. The number of ether oxygens (including phenoxy) is 1. The minimum absolute atomic E-state index is 0.287. The molecule has 0 unspecified atom stereocenters. The molecule has 0 spiro atoms. The van der Waals surface area contributed by atoms with Crippen LogP contribution >= 0.6 is 0 Å². The van der Waals surface area contributed by atoms with Crippen LogP contribution in [-0.4, -0.2) is 17.7 Å². The molecule has 3 heteroatoms. The molecular weight excluding hydrogens is 252 g/mol. The van der Waals surface area contributed by atoms with Gasteiger partial charge in [-0.3, -0.25) is 0 Å². The average Bonchev–Trinajstić information content (AvgIpc) is 2.45. The number of carboxylic acids is 1.